The molecule has 4 aromatic rings. The number of primary amides is 1. The summed E-state index contributed by atoms with van der Waals surface area (Å²) in [4.78, 5) is 41.6. The van der Waals surface area contributed by atoms with Crippen molar-refractivity contribution < 1.29 is 18.4 Å². The standard InChI is InChI=1S/C25H16Cl2FN5O4/c26-14-2-1-13(9-29)18(5-14)19-8-23(34)33(11-20(19)27)22(7-16-10-31-12-37-16)25(36)32-15-3-4-17(24(30)35)21(28)6-15/h1-6,8,10-12,22H,7H2,(H2,30,35)(H,32,36). The van der Waals surface area contributed by atoms with Gasteiger partial charge in [-0.3, -0.25) is 14.4 Å². The maximum absolute atomic E-state index is 14.2. The van der Waals surface area contributed by atoms with Gasteiger partial charge in [0, 0.05) is 40.5 Å². The molecule has 0 spiro atoms. The minimum Gasteiger partial charge on any atom is -0.448 e. The van der Waals surface area contributed by atoms with Crippen LogP contribution >= 0.6 is 23.2 Å². The molecule has 0 fully saturated rings. The van der Waals surface area contributed by atoms with Crippen molar-refractivity contribution in [2.24, 2.45) is 5.73 Å². The number of oxazole rings is 1. The second-order valence-electron chi connectivity index (χ2n) is 7.82. The van der Waals surface area contributed by atoms with Gasteiger partial charge >= 0.3 is 0 Å². The highest BCUT2D eigenvalue weighted by Crippen LogP contribution is 2.32. The lowest BCUT2D eigenvalue weighted by Crippen LogP contribution is -2.34. The van der Waals surface area contributed by atoms with E-state index >= 15 is 0 Å². The first kappa shape index (κ1) is 25.6. The third-order valence-corrected chi connectivity index (χ3v) is 5.98. The summed E-state index contributed by atoms with van der Waals surface area (Å²) in [6.45, 7) is 0. The van der Waals surface area contributed by atoms with Gasteiger partial charge in [0.05, 0.1) is 28.4 Å². The molecule has 2 aromatic carbocycles. The SMILES string of the molecule is N#Cc1ccc(Cl)cc1-c1cc(=O)n(C(Cc2cnco2)C(=O)Nc2ccc(C(N)=O)c(F)c2)cc1Cl. The number of aromatic nitrogens is 2. The summed E-state index contributed by atoms with van der Waals surface area (Å²) < 4.78 is 20.6. The molecule has 0 radical (unpaired) electrons. The first-order chi connectivity index (χ1) is 17.7. The average molecular weight is 540 g/mol. The van der Waals surface area contributed by atoms with Crippen LogP contribution in [0.2, 0.25) is 10.0 Å². The Bertz CT molecular complexity index is 1610. The van der Waals surface area contributed by atoms with Crippen molar-refractivity contribution in [2.45, 2.75) is 12.5 Å². The molecule has 0 aliphatic rings. The Labute approximate surface area is 218 Å². The van der Waals surface area contributed by atoms with E-state index in [1.165, 1.54) is 49.1 Å². The summed E-state index contributed by atoms with van der Waals surface area (Å²) in [7, 11) is 0. The predicted octanol–water partition coefficient (Wildman–Crippen LogP) is 4.34. The average Bonchev–Trinajstić information content (AvgIpc) is 3.37. The molecule has 0 aliphatic heterocycles. The number of hydrogen-bond donors (Lipinski definition) is 2. The van der Waals surface area contributed by atoms with Gasteiger partial charge in [-0.15, -0.1) is 0 Å². The molecule has 0 bridgehead atoms. The number of nitrogens with two attached hydrogens (primary N) is 1. The highest BCUT2D eigenvalue weighted by molar-refractivity contribution is 6.34. The van der Waals surface area contributed by atoms with E-state index < -0.39 is 29.2 Å². The van der Waals surface area contributed by atoms with Gasteiger partial charge in [-0.05, 0) is 36.4 Å². The number of nitrogens with zero attached hydrogens (tertiary/aromatic N) is 3. The fraction of sp³-hybridized carbons (Fsp3) is 0.0800. The van der Waals surface area contributed by atoms with Crippen LogP contribution in [0.1, 0.15) is 27.7 Å². The number of halogens is 3. The van der Waals surface area contributed by atoms with Crippen LogP contribution in [-0.2, 0) is 11.2 Å². The van der Waals surface area contributed by atoms with Crippen molar-refractivity contribution in [1.82, 2.24) is 9.55 Å². The van der Waals surface area contributed by atoms with Gasteiger partial charge in [-0.2, -0.15) is 5.26 Å². The van der Waals surface area contributed by atoms with Gasteiger partial charge in [-0.25, -0.2) is 9.37 Å². The Morgan fingerprint density at radius 3 is 2.62 bits per heavy atom. The Balaban J connectivity index is 1.74. The molecule has 2 amide bonds. The molecule has 9 nitrogen and oxygen atoms in total. The Morgan fingerprint density at radius 1 is 1.19 bits per heavy atom. The number of nitriles is 1. The van der Waals surface area contributed by atoms with Crippen LogP contribution in [0.15, 0.2) is 70.5 Å². The summed E-state index contributed by atoms with van der Waals surface area (Å²) in [6, 6.07) is 9.94. The Morgan fingerprint density at radius 2 is 1.97 bits per heavy atom. The molecule has 4 rings (SSSR count). The third-order valence-electron chi connectivity index (χ3n) is 5.44. The maximum atomic E-state index is 14.2. The van der Waals surface area contributed by atoms with Crippen LogP contribution in [0.3, 0.4) is 0 Å². The molecule has 12 heteroatoms. The van der Waals surface area contributed by atoms with Crippen molar-refractivity contribution in [3.05, 3.63) is 104 Å². The van der Waals surface area contributed by atoms with E-state index in [9.17, 15) is 24.0 Å². The number of rotatable bonds is 7. The lowest BCUT2D eigenvalue weighted by atomic mass is 10.0. The van der Waals surface area contributed by atoms with Gasteiger partial charge in [0.25, 0.3) is 11.5 Å². The van der Waals surface area contributed by atoms with E-state index in [1.807, 2.05) is 6.07 Å². The van der Waals surface area contributed by atoms with Gasteiger partial charge in [0.1, 0.15) is 17.6 Å². The van der Waals surface area contributed by atoms with Crippen LogP contribution in [-0.4, -0.2) is 21.4 Å². The topological polar surface area (TPSA) is 144 Å². The Kier molecular flexibility index (Phi) is 7.38. The number of benzene rings is 2. The lowest BCUT2D eigenvalue weighted by Gasteiger charge is -2.20. The molecule has 0 saturated heterocycles. The maximum Gasteiger partial charge on any atom is 0.251 e. The highest BCUT2D eigenvalue weighted by atomic mass is 35.5. The molecule has 2 aromatic heterocycles. The highest BCUT2D eigenvalue weighted by Gasteiger charge is 2.26. The van der Waals surface area contributed by atoms with E-state index in [-0.39, 0.29) is 33.8 Å². The minimum absolute atomic E-state index is 0.0309. The van der Waals surface area contributed by atoms with E-state index in [2.05, 4.69) is 10.3 Å². The molecular weight excluding hydrogens is 524 g/mol. The van der Waals surface area contributed by atoms with Crippen molar-refractivity contribution >= 4 is 40.7 Å². The van der Waals surface area contributed by atoms with E-state index in [4.69, 9.17) is 33.4 Å². The number of carbonyl (C=O) groups is 2. The zero-order valence-corrected chi connectivity index (χ0v) is 20.3. The van der Waals surface area contributed by atoms with Crippen LogP contribution < -0.4 is 16.6 Å². The molecule has 3 N–H and O–H groups in total. The van der Waals surface area contributed by atoms with Crippen LogP contribution in [0.5, 0.6) is 0 Å². The zero-order chi connectivity index (χ0) is 26.7. The number of nitrogens with one attached hydrogen (secondary N) is 1. The van der Waals surface area contributed by atoms with Gasteiger partial charge < -0.3 is 20.0 Å². The van der Waals surface area contributed by atoms with Gasteiger partial charge in [0.15, 0.2) is 6.39 Å². The molecule has 186 valence electrons. The second kappa shape index (κ2) is 10.7. The summed E-state index contributed by atoms with van der Waals surface area (Å²) in [6.07, 6.45) is 3.72. The summed E-state index contributed by atoms with van der Waals surface area (Å²) in [5.74, 6) is -2.28. The van der Waals surface area contributed by atoms with Crippen LogP contribution in [0.25, 0.3) is 11.1 Å². The number of anilines is 1. The zero-order valence-electron chi connectivity index (χ0n) is 18.7. The fourth-order valence-electron chi connectivity index (χ4n) is 3.68. The normalized spacial score (nSPS) is 11.5. The number of amides is 2. The predicted molar refractivity (Wildman–Crippen MR) is 134 cm³/mol. The molecule has 0 saturated carbocycles. The van der Waals surface area contributed by atoms with Gasteiger partial charge in [0.2, 0.25) is 5.91 Å². The lowest BCUT2D eigenvalue weighted by molar-refractivity contribution is -0.119. The molecule has 0 aliphatic carbocycles. The summed E-state index contributed by atoms with van der Waals surface area (Å²) >= 11 is 12.6. The van der Waals surface area contributed by atoms with Crippen molar-refractivity contribution in [3.63, 3.8) is 0 Å². The van der Waals surface area contributed by atoms with Crippen LogP contribution in [0.4, 0.5) is 10.1 Å². The van der Waals surface area contributed by atoms with E-state index in [1.54, 1.807) is 0 Å². The second-order valence-corrected chi connectivity index (χ2v) is 8.66. The van der Waals surface area contributed by atoms with Crippen molar-refractivity contribution in [3.8, 4) is 17.2 Å². The van der Waals surface area contributed by atoms with Gasteiger partial charge in [-0.1, -0.05) is 23.2 Å². The Hall–Kier alpha value is -4.46. The number of hydrogen-bond acceptors (Lipinski definition) is 6. The molecule has 1 unspecified atom stereocenters. The summed E-state index contributed by atoms with van der Waals surface area (Å²) in [5, 5.41) is 12.4. The fourth-order valence-corrected chi connectivity index (χ4v) is 4.11. The minimum atomic E-state index is -1.19. The molecule has 2 heterocycles. The molecule has 1 atom stereocenters. The quantitative estimate of drug-likeness (QED) is 0.357. The number of pyridine rings is 1. The third kappa shape index (κ3) is 5.53. The smallest absolute Gasteiger partial charge is 0.251 e. The molecule has 37 heavy (non-hydrogen) atoms. The first-order valence-corrected chi connectivity index (χ1v) is 11.3. The largest absolute Gasteiger partial charge is 0.448 e. The van der Waals surface area contributed by atoms with Crippen LogP contribution in [0, 0.1) is 17.1 Å². The van der Waals surface area contributed by atoms with E-state index in [0.717, 1.165) is 16.7 Å². The number of carbonyl (C=O) groups excluding carboxylic acids is 2. The monoisotopic (exact) mass is 539 g/mol. The summed E-state index contributed by atoms with van der Waals surface area (Å²) in [5.41, 5.74) is 5.05. The first-order valence-electron chi connectivity index (χ1n) is 10.6. The van der Waals surface area contributed by atoms with E-state index in [0.29, 0.717) is 16.3 Å². The van der Waals surface area contributed by atoms with Crippen molar-refractivity contribution in [1.29, 1.82) is 5.26 Å². The molecular formula is C25H16Cl2FN5O4. The van der Waals surface area contributed by atoms with Crippen molar-refractivity contribution in [2.75, 3.05) is 5.32 Å².